The zero-order valence-corrected chi connectivity index (χ0v) is 21.6. The molecular formula is C22H25ClN2O11S. The molecular weight excluding hydrogens is 536 g/mol. The van der Waals surface area contributed by atoms with E-state index in [0.717, 1.165) is 12.1 Å². The van der Waals surface area contributed by atoms with Crippen LogP contribution < -0.4 is 10.5 Å². The summed E-state index contributed by atoms with van der Waals surface area (Å²) in [5.41, 5.74) is -0.236. The lowest BCUT2D eigenvalue weighted by molar-refractivity contribution is -0.177. The van der Waals surface area contributed by atoms with Crippen LogP contribution in [0.25, 0.3) is 0 Å². The molecule has 0 fully saturated rings. The largest absolute Gasteiger partial charge is 0.467 e. The molecule has 13 nitrogen and oxygen atoms in total. The van der Waals surface area contributed by atoms with E-state index in [1.165, 1.54) is 20.1 Å². The number of nitrogens with two attached hydrogens (primary N) is 1. The minimum Gasteiger partial charge on any atom is -0.467 e. The van der Waals surface area contributed by atoms with Crippen molar-refractivity contribution >= 4 is 51.2 Å². The number of sulfonamides is 1. The lowest BCUT2D eigenvalue weighted by Crippen LogP contribution is -2.34. The Morgan fingerprint density at radius 3 is 2.35 bits per heavy atom. The first kappa shape index (κ1) is 29.6. The zero-order valence-electron chi connectivity index (χ0n) is 20.0. The number of esters is 4. The van der Waals surface area contributed by atoms with Crippen LogP contribution in [0.2, 0.25) is 5.02 Å². The van der Waals surface area contributed by atoms with Gasteiger partial charge in [0, 0.05) is 0 Å². The minimum atomic E-state index is -4.30. The molecule has 2 unspecified atom stereocenters. The number of primary sulfonamides is 1. The predicted octanol–water partition coefficient (Wildman–Crippen LogP) is 1.78. The molecule has 0 bridgehead atoms. The second kappa shape index (κ2) is 13.1. The number of benzene rings is 1. The van der Waals surface area contributed by atoms with Gasteiger partial charge in [-0.2, -0.15) is 0 Å². The maximum atomic E-state index is 12.7. The molecule has 15 heteroatoms. The van der Waals surface area contributed by atoms with Gasteiger partial charge in [0.15, 0.2) is 18.8 Å². The lowest BCUT2D eigenvalue weighted by atomic mass is 10.1. The third-order valence-electron chi connectivity index (χ3n) is 4.50. The van der Waals surface area contributed by atoms with Crippen molar-refractivity contribution in [1.82, 2.24) is 0 Å². The number of carbonyl (C=O) groups is 4. The van der Waals surface area contributed by atoms with E-state index in [9.17, 15) is 27.6 Å². The van der Waals surface area contributed by atoms with Crippen molar-refractivity contribution in [2.75, 3.05) is 18.5 Å². The Bertz CT molecular complexity index is 1250. The van der Waals surface area contributed by atoms with Crippen molar-refractivity contribution in [3.8, 4) is 0 Å². The predicted molar refractivity (Wildman–Crippen MR) is 127 cm³/mol. The van der Waals surface area contributed by atoms with Gasteiger partial charge in [-0.05, 0) is 45.0 Å². The summed E-state index contributed by atoms with van der Waals surface area (Å²) < 4.78 is 48.2. The highest BCUT2D eigenvalue weighted by Crippen LogP contribution is 2.29. The molecule has 1 aromatic heterocycles. The van der Waals surface area contributed by atoms with Crippen LogP contribution in [-0.2, 0) is 49.9 Å². The number of ether oxygens (including phenoxy) is 4. The number of furan rings is 1. The number of hydrogen-bond donors (Lipinski definition) is 2. The maximum absolute atomic E-state index is 12.7. The second-order valence-corrected chi connectivity index (χ2v) is 9.28. The van der Waals surface area contributed by atoms with Crippen molar-refractivity contribution in [3.05, 3.63) is 46.9 Å². The molecule has 1 heterocycles. The van der Waals surface area contributed by atoms with Gasteiger partial charge in [0.25, 0.3) is 0 Å². The number of rotatable bonds is 12. The number of hydrogen-bond acceptors (Lipinski definition) is 12. The van der Waals surface area contributed by atoms with Crippen LogP contribution in [0.1, 0.15) is 36.9 Å². The Morgan fingerprint density at radius 2 is 1.76 bits per heavy atom. The third kappa shape index (κ3) is 8.77. The number of carbonyl (C=O) groups excluding carboxylic acids is 4. The van der Waals surface area contributed by atoms with Crippen LogP contribution in [0.15, 0.2) is 39.8 Å². The van der Waals surface area contributed by atoms with Gasteiger partial charge in [-0.25, -0.2) is 32.7 Å². The molecule has 3 N–H and O–H groups in total. The molecule has 0 aliphatic heterocycles. The summed E-state index contributed by atoms with van der Waals surface area (Å²) in [5.74, 6) is -3.55. The van der Waals surface area contributed by atoms with E-state index in [4.69, 9.17) is 40.1 Å². The number of nitrogens with one attached hydrogen (secondary N) is 1. The standard InChI is InChI=1S/C22H25ClN2O11S/c1-4-32-20(27)12(2)36-21(28)13(3)35-19(26)11-34-22(29)15-8-18(37(24,30)31)16(23)9-17(15)25-10-14-6-5-7-33-14/h5-9,12-13,25H,4,10-11H2,1-3H3,(H2,24,30,31). The molecule has 1 aromatic carbocycles. The topological polar surface area (TPSA) is 191 Å². The molecule has 0 radical (unpaired) electrons. The fourth-order valence-corrected chi connectivity index (χ4v) is 3.84. The lowest BCUT2D eigenvalue weighted by Gasteiger charge is -2.16. The smallest absolute Gasteiger partial charge is 0.347 e. The van der Waals surface area contributed by atoms with Gasteiger partial charge < -0.3 is 28.7 Å². The monoisotopic (exact) mass is 560 g/mol. The van der Waals surface area contributed by atoms with Crippen LogP contribution in [0.4, 0.5) is 5.69 Å². The van der Waals surface area contributed by atoms with Crippen molar-refractivity contribution in [3.63, 3.8) is 0 Å². The molecule has 2 atom stereocenters. The molecule has 2 aromatic rings. The van der Waals surface area contributed by atoms with Crippen LogP contribution in [0, 0.1) is 0 Å². The highest BCUT2D eigenvalue weighted by molar-refractivity contribution is 7.89. The molecule has 0 saturated heterocycles. The molecule has 37 heavy (non-hydrogen) atoms. The SMILES string of the molecule is CCOC(=O)C(C)OC(=O)C(C)OC(=O)COC(=O)c1cc(S(N)(=O)=O)c(Cl)cc1NCc1ccco1. The fraction of sp³-hybridized carbons (Fsp3) is 0.364. The molecule has 0 amide bonds. The van der Waals surface area contributed by atoms with E-state index in [-0.39, 0.29) is 29.4 Å². The zero-order chi connectivity index (χ0) is 27.8. The summed E-state index contributed by atoms with van der Waals surface area (Å²) >= 11 is 6.02. The van der Waals surface area contributed by atoms with E-state index in [1.807, 2.05) is 0 Å². The third-order valence-corrected chi connectivity index (χ3v) is 5.88. The van der Waals surface area contributed by atoms with E-state index >= 15 is 0 Å². The van der Waals surface area contributed by atoms with E-state index in [0.29, 0.717) is 5.76 Å². The Kier molecular flexibility index (Phi) is 10.5. The van der Waals surface area contributed by atoms with Gasteiger partial charge in [0.1, 0.15) is 10.7 Å². The molecule has 0 saturated carbocycles. The quantitative estimate of drug-likeness (QED) is 0.283. The van der Waals surface area contributed by atoms with Gasteiger partial charge in [-0.3, -0.25) is 0 Å². The Morgan fingerprint density at radius 1 is 1.08 bits per heavy atom. The van der Waals surface area contributed by atoms with Crippen molar-refractivity contribution in [2.45, 2.75) is 44.4 Å². The summed E-state index contributed by atoms with van der Waals surface area (Å²) in [5, 5.41) is 7.75. The van der Waals surface area contributed by atoms with Crippen LogP contribution in [-0.4, -0.2) is 57.7 Å². The first-order valence-electron chi connectivity index (χ1n) is 10.7. The number of anilines is 1. The molecule has 0 aliphatic carbocycles. The second-order valence-electron chi connectivity index (χ2n) is 7.35. The van der Waals surface area contributed by atoms with Crippen molar-refractivity contribution in [2.24, 2.45) is 5.14 Å². The van der Waals surface area contributed by atoms with E-state index in [1.54, 1.807) is 19.1 Å². The first-order valence-corrected chi connectivity index (χ1v) is 12.6. The van der Waals surface area contributed by atoms with Crippen molar-refractivity contribution in [1.29, 1.82) is 0 Å². The van der Waals surface area contributed by atoms with Crippen molar-refractivity contribution < 1.29 is 51.0 Å². The summed E-state index contributed by atoms with van der Waals surface area (Å²) in [7, 11) is -4.30. The average molecular weight is 561 g/mol. The summed E-state index contributed by atoms with van der Waals surface area (Å²) in [6.07, 6.45) is -1.22. The van der Waals surface area contributed by atoms with E-state index in [2.05, 4.69) is 5.32 Å². The van der Waals surface area contributed by atoms with E-state index < -0.39 is 57.6 Å². The van der Waals surface area contributed by atoms with Gasteiger partial charge in [0.05, 0.1) is 35.7 Å². The fourth-order valence-electron chi connectivity index (χ4n) is 2.74. The summed E-state index contributed by atoms with van der Waals surface area (Å²) in [4.78, 5) is 47.8. The number of halogens is 1. The summed E-state index contributed by atoms with van der Waals surface area (Å²) in [6.45, 7) is 3.30. The Labute approximate surface area is 217 Å². The van der Waals surface area contributed by atoms with Crippen LogP contribution in [0.3, 0.4) is 0 Å². The van der Waals surface area contributed by atoms with Gasteiger partial charge in [0.2, 0.25) is 10.0 Å². The normalized spacial score (nSPS) is 12.7. The minimum absolute atomic E-state index is 0.0667. The molecule has 0 spiro atoms. The van der Waals surface area contributed by atoms with Crippen LogP contribution >= 0.6 is 11.6 Å². The molecule has 0 aliphatic rings. The highest BCUT2D eigenvalue weighted by Gasteiger charge is 2.27. The van der Waals surface area contributed by atoms with Gasteiger partial charge in [-0.1, -0.05) is 11.6 Å². The highest BCUT2D eigenvalue weighted by atomic mass is 35.5. The Hall–Kier alpha value is -3.62. The van der Waals surface area contributed by atoms with Gasteiger partial charge >= 0.3 is 23.9 Å². The molecule has 2 rings (SSSR count). The maximum Gasteiger partial charge on any atom is 0.347 e. The Balaban J connectivity index is 2.07. The molecule has 202 valence electrons. The van der Waals surface area contributed by atoms with Gasteiger partial charge in [-0.15, -0.1) is 0 Å². The van der Waals surface area contributed by atoms with Crippen LogP contribution in [0.5, 0.6) is 0 Å². The summed E-state index contributed by atoms with van der Waals surface area (Å²) in [6, 6.07) is 5.35. The average Bonchev–Trinajstić information content (AvgIpc) is 3.34. The first-order chi connectivity index (χ1) is 17.3.